The molecular weight excluding hydrogens is 224 g/mol. The second-order valence-corrected chi connectivity index (χ2v) is 5.48. The molecule has 1 aromatic carbocycles. The quantitative estimate of drug-likeness (QED) is 0.755. The van der Waals surface area contributed by atoms with Crippen LogP contribution < -0.4 is 0 Å². The molecule has 0 radical (unpaired) electrons. The fourth-order valence-corrected chi connectivity index (χ4v) is 2.95. The minimum absolute atomic E-state index is 0.159. The molecule has 1 atom stereocenters. The van der Waals surface area contributed by atoms with Crippen LogP contribution in [0.3, 0.4) is 0 Å². The number of rotatable bonds is 4. The first-order valence-corrected chi connectivity index (χ1v) is 7.08. The SMILES string of the molecule is O=C(CC1CCCO1)c1ccccc1C1CCC1. The second-order valence-electron chi connectivity index (χ2n) is 5.48. The van der Waals surface area contributed by atoms with Gasteiger partial charge in [0.2, 0.25) is 0 Å². The molecule has 1 saturated carbocycles. The van der Waals surface area contributed by atoms with E-state index >= 15 is 0 Å². The zero-order chi connectivity index (χ0) is 12.4. The maximum absolute atomic E-state index is 12.4. The fourth-order valence-electron chi connectivity index (χ4n) is 2.95. The molecule has 1 aliphatic heterocycles. The van der Waals surface area contributed by atoms with E-state index in [-0.39, 0.29) is 11.9 Å². The molecule has 1 aromatic rings. The van der Waals surface area contributed by atoms with Crippen molar-refractivity contribution in [1.29, 1.82) is 0 Å². The first-order chi connectivity index (χ1) is 8.84. The first-order valence-electron chi connectivity index (χ1n) is 7.08. The Morgan fingerprint density at radius 3 is 2.67 bits per heavy atom. The molecule has 2 fully saturated rings. The lowest BCUT2D eigenvalue weighted by Crippen LogP contribution is -2.17. The second kappa shape index (κ2) is 5.23. The van der Waals surface area contributed by atoms with E-state index in [1.54, 1.807) is 0 Å². The van der Waals surface area contributed by atoms with Crippen LogP contribution in [-0.4, -0.2) is 18.5 Å². The van der Waals surface area contributed by atoms with E-state index in [4.69, 9.17) is 4.74 Å². The van der Waals surface area contributed by atoms with Crippen molar-refractivity contribution in [2.45, 2.75) is 50.5 Å². The number of hydrogen-bond acceptors (Lipinski definition) is 2. The minimum Gasteiger partial charge on any atom is -0.378 e. The normalized spacial score (nSPS) is 23.9. The average Bonchev–Trinajstić information content (AvgIpc) is 2.80. The Kier molecular flexibility index (Phi) is 3.46. The highest BCUT2D eigenvalue weighted by Crippen LogP contribution is 2.38. The van der Waals surface area contributed by atoms with Crippen LogP contribution in [0.2, 0.25) is 0 Å². The molecule has 0 bridgehead atoms. The maximum atomic E-state index is 12.4. The highest BCUT2D eigenvalue weighted by atomic mass is 16.5. The Labute approximate surface area is 108 Å². The van der Waals surface area contributed by atoms with Crippen LogP contribution in [0, 0.1) is 0 Å². The molecule has 3 rings (SSSR count). The Morgan fingerprint density at radius 2 is 2.00 bits per heavy atom. The number of benzene rings is 1. The van der Waals surface area contributed by atoms with Gasteiger partial charge < -0.3 is 4.74 Å². The molecule has 0 spiro atoms. The molecular formula is C16H20O2. The topological polar surface area (TPSA) is 26.3 Å². The third kappa shape index (κ3) is 2.35. The summed E-state index contributed by atoms with van der Waals surface area (Å²) < 4.78 is 5.56. The van der Waals surface area contributed by atoms with Crippen LogP contribution in [0.15, 0.2) is 24.3 Å². The van der Waals surface area contributed by atoms with Crippen LogP contribution in [0.1, 0.15) is 60.4 Å². The molecule has 2 heteroatoms. The monoisotopic (exact) mass is 244 g/mol. The number of carbonyl (C=O) groups excluding carboxylic acids is 1. The summed E-state index contributed by atoms with van der Waals surface area (Å²) in [6, 6.07) is 8.15. The number of ether oxygens (including phenoxy) is 1. The van der Waals surface area contributed by atoms with Gasteiger partial charge in [-0.2, -0.15) is 0 Å². The van der Waals surface area contributed by atoms with Gasteiger partial charge in [0.25, 0.3) is 0 Å². The Balaban J connectivity index is 1.75. The predicted molar refractivity (Wildman–Crippen MR) is 71.0 cm³/mol. The van der Waals surface area contributed by atoms with Gasteiger partial charge >= 0.3 is 0 Å². The number of carbonyl (C=O) groups is 1. The summed E-state index contributed by atoms with van der Waals surface area (Å²) in [5.74, 6) is 0.888. The molecule has 2 aliphatic rings. The average molecular weight is 244 g/mol. The van der Waals surface area contributed by atoms with Gasteiger partial charge in [-0.25, -0.2) is 0 Å². The van der Waals surface area contributed by atoms with Crippen LogP contribution in [0.25, 0.3) is 0 Å². The van der Waals surface area contributed by atoms with Gasteiger partial charge in [-0.05, 0) is 37.2 Å². The number of Topliss-reactive ketones (excluding diaryl/α,β-unsaturated/α-hetero) is 1. The summed E-state index contributed by atoms with van der Waals surface area (Å²) in [5.41, 5.74) is 2.21. The molecule has 1 heterocycles. The highest BCUT2D eigenvalue weighted by molar-refractivity contribution is 5.98. The highest BCUT2D eigenvalue weighted by Gasteiger charge is 2.26. The molecule has 1 saturated heterocycles. The third-order valence-electron chi connectivity index (χ3n) is 4.24. The molecule has 1 aliphatic carbocycles. The van der Waals surface area contributed by atoms with Crippen LogP contribution in [-0.2, 0) is 4.74 Å². The lowest BCUT2D eigenvalue weighted by atomic mass is 9.77. The van der Waals surface area contributed by atoms with E-state index < -0.39 is 0 Å². The summed E-state index contributed by atoms with van der Waals surface area (Å²) in [7, 11) is 0. The molecule has 2 nitrogen and oxygen atoms in total. The van der Waals surface area contributed by atoms with Crippen molar-refractivity contribution < 1.29 is 9.53 Å². The van der Waals surface area contributed by atoms with E-state index in [9.17, 15) is 4.79 Å². The Bertz CT molecular complexity index is 428. The van der Waals surface area contributed by atoms with Crippen molar-refractivity contribution in [3.8, 4) is 0 Å². The van der Waals surface area contributed by atoms with Crippen molar-refractivity contribution in [3.05, 3.63) is 35.4 Å². The summed E-state index contributed by atoms with van der Waals surface area (Å²) in [4.78, 5) is 12.4. The van der Waals surface area contributed by atoms with Gasteiger partial charge in [0.15, 0.2) is 5.78 Å². The maximum Gasteiger partial charge on any atom is 0.165 e. The van der Waals surface area contributed by atoms with Gasteiger partial charge in [0, 0.05) is 18.6 Å². The van der Waals surface area contributed by atoms with E-state index in [1.807, 2.05) is 12.1 Å². The zero-order valence-electron chi connectivity index (χ0n) is 10.7. The van der Waals surface area contributed by atoms with E-state index in [0.29, 0.717) is 12.3 Å². The van der Waals surface area contributed by atoms with Crippen LogP contribution in [0.4, 0.5) is 0 Å². The van der Waals surface area contributed by atoms with Crippen molar-refractivity contribution in [2.75, 3.05) is 6.61 Å². The van der Waals surface area contributed by atoms with Crippen molar-refractivity contribution in [2.24, 2.45) is 0 Å². The lowest BCUT2D eigenvalue weighted by molar-refractivity contribution is 0.0774. The smallest absolute Gasteiger partial charge is 0.165 e. The lowest BCUT2D eigenvalue weighted by Gasteiger charge is -2.27. The predicted octanol–water partition coefficient (Wildman–Crippen LogP) is 3.71. The van der Waals surface area contributed by atoms with Gasteiger partial charge in [-0.1, -0.05) is 30.7 Å². The summed E-state index contributed by atoms with van der Waals surface area (Å²) >= 11 is 0. The third-order valence-corrected chi connectivity index (χ3v) is 4.24. The van der Waals surface area contributed by atoms with Crippen molar-refractivity contribution in [1.82, 2.24) is 0 Å². The molecule has 0 amide bonds. The molecule has 0 aromatic heterocycles. The molecule has 1 unspecified atom stereocenters. The van der Waals surface area contributed by atoms with Crippen molar-refractivity contribution in [3.63, 3.8) is 0 Å². The summed E-state index contributed by atoms with van der Waals surface area (Å²) in [5, 5.41) is 0. The van der Waals surface area contributed by atoms with E-state index in [0.717, 1.165) is 25.0 Å². The zero-order valence-corrected chi connectivity index (χ0v) is 10.7. The Hall–Kier alpha value is -1.15. The largest absolute Gasteiger partial charge is 0.378 e. The first kappa shape index (κ1) is 11.9. The summed E-state index contributed by atoms with van der Waals surface area (Å²) in [6.45, 7) is 0.822. The van der Waals surface area contributed by atoms with Gasteiger partial charge in [0.1, 0.15) is 0 Å². The standard InChI is InChI=1S/C16H20O2/c17-16(11-13-7-4-10-18-13)15-9-2-1-8-14(15)12-5-3-6-12/h1-2,8-9,12-13H,3-7,10-11H2. The Morgan fingerprint density at radius 1 is 1.17 bits per heavy atom. The molecule has 96 valence electrons. The number of ketones is 1. The van der Waals surface area contributed by atoms with Crippen LogP contribution >= 0.6 is 0 Å². The molecule has 18 heavy (non-hydrogen) atoms. The van der Waals surface area contributed by atoms with Gasteiger partial charge in [-0.15, -0.1) is 0 Å². The number of hydrogen-bond donors (Lipinski definition) is 0. The molecule has 0 N–H and O–H groups in total. The van der Waals surface area contributed by atoms with E-state index in [2.05, 4.69) is 12.1 Å². The van der Waals surface area contributed by atoms with Gasteiger partial charge in [0.05, 0.1) is 6.10 Å². The van der Waals surface area contributed by atoms with Crippen LogP contribution in [0.5, 0.6) is 0 Å². The fraction of sp³-hybridized carbons (Fsp3) is 0.562. The summed E-state index contributed by atoms with van der Waals surface area (Å²) in [6.07, 6.45) is 6.64. The van der Waals surface area contributed by atoms with Crippen molar-refractivity contribution >= 4 is 5.78 Å². The minimum atomic E-state index is 0.159. The van der Waals surface area contributed by atoms with E-state index in [1.165, 1.54) is 24.8 Å². The van der Waals surface area contributed by atoms with Gasteiger partial charge in [-0.3, -0.25) is 4.79 Å².